The van der Waals surface area contributed by atoms with Crippen molar-refractivity contribution < 1.29 is 0 Å². The SMILES string of the molecule is CN1CCC(C(C)(C)CNCC(C)(C)N)C1. The number of likely N-dealkylation sites (tertiary alicyclic amines) is 1. The minimum Gasteiger partial charge on any atom is -0.324 e. The molecule has 1 atom stereocenters. The molecule has 1 unspecified atom stereocenters. The van der Waals surface area contributed by atoms with Crippen molar-refractivity contribution in [1.29, 1.82) is 0 Å². The Labute approximate surface area is 101 Å². The summed E-state index contributed by atoms with van der Waals surface area (Å²) in [5.74, 6) is 0.811. The smallest absolute Gasteiger partial charge is 0.0223 e. The predicted octanol–water partition coefficient (Wildman–Crippen LogP) is 1.29. The molecule has 96 valence electrons. The van der Waals surface area contributed by atoms with E-state index < -0.39 is 0 Å². The van der Waals surface area contributed by atoms with Gasteiger partial charge in [-0.3, -0.25) is 0 Å². The summed E-state index contributed by atoms with van der Waals surface area (Å²) in [4.78, 5) is 2.43. The van der Waals surface area contributed by atoms with Gasteiger partial charge in [0.15, 0.2) is 0 Å². The Kier molecular flexibility index (Phi) is 4.38. The Hall–Kier alpha value is -0.120. The van der Waals surface area contributed by atoms with Crippen molar-refractivity contribution in [3.63, 3.8) is 0 Å². The molecule has 1 saturated heterocycles. The number of nitrogens with one attached hydrogen (secondary N) is 1. The topological polar surface area (TPSA) is 41.3 Å². The van der Waals surface area contributed by atoms with Gasteiger partial charge in [0.05, 0.1) is 0 Å². The van der Waals surface area contributed by atoms with E-state index in [0.29, 0.717) is 5.41 Å². The fraction of sp³-hybridized carbons (Fsp3) is 1.00. The molecule has 1 aliphatic rings. The molecule has 16 heavy (non-hydrogen) atoms. The molecule has 0 radical (unpaired) electrons. The second-order valence-corrected chi connectivity index (χ2v) is 6.83. The van der Waals surface area contributed by atoms with Crippen molar-refractivity contribution in [2.24, 2.45) is 17.1 Å². The van der Waals surface area contributed by atoms with Gasteiger partial charge in [0.1, 0.15) is 0 Å². The first-order valence-corrected chi connectivity index (χ1v) is 6.39. The van der Waals surface area contributed by atoms with Crippen LogP contribution in [-0.4, -0.2) is 43.7 Å². The quantitative estimate of drug-likeness (QED) is 0.744. The Morgan fingerprint density at radius 3 is 2.31 bits per heavy atom. The monoisotopic (exact) mass is 227 g/mol. The zero-order chi connectivity index (χ0) is 12.4. The standard InChI is InChI=1S/C13H29N3/c1-12(2,9-15-10-13(3,4)14)11-6-7-16(5)8-11/h11,15H,6-10,14H2,1-5H3. The summed E-state index contributed by atoms with van der Waals surface area (Å²) in [6, 6.07) is 0. The van der Waals surface area contributed by atoms with Crippen molar-refractivity contribution in [1.82, 2.24) is 10.2 Å². The van der Waals surface area contributed by atoms with Crippen molar-refractivity contribution in [2.45, 2.75) is 39.7 Å². The van der Waals surface area contributed by atoms with E-state index in [0.717, 1.165) is 19.0 Å². The maximum atomic E-state index is 5.97. The first-order valence-electron chi connectivity index (χ1n) is 6.39. The molecule has 1 heterocycles. The van der Waals surface area contributed by atoms with Gasteiger partial charge in [-0.05, 0) is 45.2 Å². The van der Waals surface area contributed by atoms with Crippen LogP contribution in [0.25, 0.3) is 0 Å². The molecule has 0 saturated carbocycles. The number of nitrogens with zero attached hydrogens (tertiary/aromatic N) is 1. The third kappa shape index (κ3) is 4.40. The van der Waals surface area contributed by atoms with Crippen molar-refractivity contribution in [3.8, 4) is 0 Å². The van der Waals surface area contributed by atoms with Crippen LogP contribution in [0, 0.1) is 11.3 Å². The maximum Gasteiger partial charge on any atom is 0.0223 e. The Balaban J connectivity index is 2.34. The Morgan fingerprint density at radius 2 is 1.88 bits per heavy atom. The van der Waals surface area contributed by atoms with Crippen molar-refractivity contribution in [3.05, 3.63) is 0 Å². The third-order valence-electron chi connectivity index (χ3n) is 3.66. The molecular weight excluding hydrogens is 198 g/mol. The Bertz CT molecular complexity index is 218. The van der Waals surface area contributed by atoms with Gasteiger partial charge in [-0.2, -0.15) is 0 Å². The van der Waals surface area contributed by atoms with Gasteiger partial charge in [-0.1, -0.05) is 13.8 Å². The molecule has 1 fully saturated rings. The highest BCUT2D eigenvalue weighted by atomic mass is 15.1. The average molecular weight is 227 g/mol. The minimum atomic E-state index is -0.109. The predicted molar refractivity (Wildman–Crippen MR) is 70.5 cm³/mol. The lowest BCUT2D eigenvalue weighted by molar-refractivity contribution is 0.203. The second kappa shape index (κ2) is 5.03. The fourth-order valence-electron chi connectivity index (χ4n) is 2.42. The van der Waals surface area contributed by atoms with E-state index in [4.69, 9.17) is 5.73 Å². The molecule has 0 aliphatic carbocycles. The van der Waals surface area contributed by atoms with E-state index in [1.165, 1.54) is 19.5 Å². The highest BCUT2D eigenvalue weighted by Crippen LogP contribution is 2.33. The zero-order valence-corrected chi connectivity index (χ0v) is 11.6. The molecule has 1 rings (SSSR count). The number of nitrogens with two attached hydrogens (primary N) is 1. The van der Waals surface area contributed by atoms with Crippen LogP contribution in [0.15, 0.2) is 0 Å². The molecule has 3 heteroatoms. The van der Waals surface area contributed by atoms with Crippen molar-refractivity contribution in [2.75, 3.05) is 33.2 Å². The van der Waals surface area contributed by atoms with Gasteiger partial charge in [-0.25, -0.2) is 0 Å². The van der Waals surface area contributed by atoms with E-state index in [9.17, 15) is 0 Å². The summed E-state index contributed by atoms with van der Waals surface area (Å²) in [5, 5.41) is 3.51. The summed E-state index contributed by atoms with van der Waals surface area (Å²) in [6.07, 6.45) is 1.33. The minimum absolute atomic E-state index is 0.109. The average Bonchev–Trinajstić information content (AvgIpc) is 2.49. The van der Waals surface area contributed by atoms with Crippen LogP contribution in [0.4, 0.5) is 0 Å². The highest BCUT2D eigenvalue weighted by molar-refractivity contribution is 4.87. The van der Waals surface area contributed by atoms with E-state index in [2.05, 4.69) is 45.0 Å². The molecule has 3 N–H and O–H groups in total. The van der Waals surface area contributed by atoms with Gasteiger partial charge < -0.3 is 16.0 Å². The van der Waals surface area contributed by atoms with Gasteiger partial charge >= 0.3 is 0 Å². The summed E-state index contributed by atoms with van der Waals surface area (Å²) in [7, 11) is 2.21. The van der Waals surface area contributed by atoms with Crippen LogP contribution in [0.5, 0.6) is 0 Å². The van der Waals surface area contributed by atoms with Crippen LogP contribution < -0.4 is 11.1 Å². The molecule has 0 aromatic heterocycles. The lowest BCUT2D eigenvalue weighted by Crippen LogP contribution is -2.46. The van der Waals surface area contributed by atoms with E-state index in [-0.39, 0.29) is 5.54 Å². The van der Waals surface area contributed by atoms with Gasteiger partial charge in [-0.15, -0.1) is 0 Å². The van der Waals surface area contributed by atoms with E-state index in [1.807, 2.05) is 0 Å². The van der Waals surface area contributed by atoms with Crippen LogP contribution >= 0.6 is 0 Å². The van der Waals surface area contributed by atoms with Crippen LogP contribution in [0.2, 0.25) is 0 Å². The number of rotatable bonds is 5. The fourth-order valence-corrected chi connectivity index (χ4v) is 2.42. The highest BCUT2D eigenvalue weighted by Gasteiger charge is 2.33. The molecule has 0 aromatic rings. The van der Waals surface area contributed by atoms with Crippen LogP contribution in [0.1, 0.15) is 34.1 Å². The number of hydrogen-bond acceptors (Lipinski definition) is 3. The van der Waals surface area contributed by atoms with Gasteiger partial charge in [0.25, 0.3) is 0 Å². The molecule has 3 nitrogen and oxygen atoms in total. The number of hydrogen-bond donors (Lipinski definition) is 2. The molecular formula is C13H29N3. The van der Waals surface area contributed by atoms with Crippen molar-refractivity contribution >= 4 is 0 Å². The normalized spacial score (nSPS) is 24.0. The zero-order valence-electron chi connectivity index (χ0n) is 11.6. The molecule has 0 bridgehead atoms. The summed E-state index contributed by atoms with van der Waals surface area (Å²) >= 11 is 0. The molecule has 0 spiro atoms. The molecule has 1 aliphatic heterocycles. The first-order chi connectivity index (χ1) is 7.21. The third-order valence-corrected chi connectivity index (χ3v) is 3.66. The van der Waals surface area contributed by atoms with E-state index >= 15 is 0 Å². The van der Waals surface area contributed by atoms with E-state index in [1.54, 1.807) is 0 Å². The van der Waals surface area contributed by atoms with Gasteiger partial charge in [0, 0.05) is 25.2 Å². The van der Waals surface area contributed by atoms with Crippen LogP contribution in [0.3, 0.4) is 0 Å². The Morgan fingerprint density at radius 1 is 1.25 bits per heavy atom. The largest absolute Gasteiger partial charge is 0.324 e. The summed E-state index contributed by atoms with van der Waals surface area (Å²) in [6.45, 7) is 13.3. The summed E-state index contributed by atoms with van der Waals surface area (Å²) < 4.78 is 0. The lowest BCUT2D eigenvalue weighted by atomic mass is 9.78. The van der Waals surface area contributed by atoms with Gasteiger partial charge in [0.2, 0.25) is 0 Å². The first kappa shape index (κ1) is 13.9. The maximum absolute atomic E-state index is 5.97. The molecule has 0 aromatic carbocycles. The molecule has 0 amide bonds. The lowest BCUT2D eigenvalue weighted by Gasteiger charge is -2.33. The van der Waals surface area contributed by atoms with Crippen LogP contribution in [-0.2, 0) is 0 Å². The second-order valence-electron chi connectivity index (χ2n) is 6.83. The summed E-state index contributed by atoms with van der Waals surface area (Å²) in [5.41, 5.74) is 6.23.